The zero-order chi connectivity index (χ0) is 10.7. The topological polar surface area (TPSA) is 63.9 Å². The van der Waals surface area contributed by atoms with Crippen LogP contribution in [0, 0.1) is 5.82 Å². The standard InChI is InChI=1S/C10H10FN3O/c11-9-3-1-7(2-4-9)10-8(6-15-12)5-13-14-10/h1-5H,6,12H2,(H,13,14). The molecule has 0 aliphatic heterocycles. The molecule has 0 amide bonds. The van der Waals surface area contributed by atoms with Crippen LogP contribution in [0.5, 0.6) is 0 Å². The van der Waals surface area contributed by atoms with E-state index in [1.54, 1.807) is 18.3 Å². The van der Waals surface area contributed by atoms with E-state index in [9.17, 15) is 4.39 Å². The third kappa shape index (κ3) is 2.03. The highest BCUT2D eigenvalue weighted by molar-refractivity contribution is 5.62. The van der Waals surface area contributed by atoms with Gasteiger partial charge in [-0.05, 0) is 24.3 Å². The Labute approximate surface area is 85.8 Å². The largest absolute Gasteiger partial charge is 0.300 e. The van der Waals surface area contributed by atoms with E-state index in [0.29, 0.717) is 0 Å². The van der Waals surface area contributed by atoms with Crippen LogP contribution >= 0.6 is 0 Å². The third-order valence-corrected chi connectivity index (χ3v) is 2.09. The number of H-pyrrole nitrogens is 1. The van der Waals surface area contributed by atoms with Gasteiger partial charge in [0, 0.05) is 11.1 Å². The summed E-state index contributed by atoms with van der Waals surface area (Å²) in [6.45, 7) is 0.267. The molecule has 15 heavy (non-hydrogen) atoms. The molecule has 4 nitrogen and oxygen atoms in total. The Hall–Kier alpha value is -1.72. The first-order chi connectivity index (χ1) is 7.31. The van der Waals surface area contributed by atoms with Gasteiger partial charge >= 0.3 is 0 Å². The van der Waals surface area contributed by atoms with Crippen LogP contribution in [0.2, 0.25) is 0 Å². The van der Waals surface area contributed by atoms with Crippen molar-refractivity contribution in [2.75, 3.05) is 0 Å². The van der Waals surface area contributed by atoms with Gasteiger partial charge in [-0.2, -0.15) is 5.10 Å². The highest BCUT2D eigenvalue weighted by Crippen LogP contribution is 2.21. The van der Waals surface area contributed by atoms with Gasteiger partial charge in [-0.1, -0.05) is 0 Å². The molecule has 3 N–H and O–H groups in total. The first kappa shape index (κ1) is 9.82. The quantitative estimate of drug-likeness (QED) is 0.751. The lowest BCUT2D eigenvalue weighted by Gasteiger charge is -2.01. The lowest BCUT2D eigenvalue weighted by Crippen LogP contribution is -1.99. The average molecular weight is 207 g/mol. The second-order valence-electron chi connectivity index (χ2n) is 3.09. The number of nitrogens with one attached hydrogen (secondary N) is 1. The predicted octanol–water partition coefficient (Wildman–Crippen LogP) is 1.61. The van der Waals surface area contributed by atoms with E-state index >= 15 is 0 Å². The molecule has 0 atom stereocenters. The van der Waals surface area contributed by atoms with E-state index < -0.39 is 0 Å². The molecular formula is C10H10FN3O. The third-order valence-electron chi connectivity index (χ3n) is 2.09. The van der Waals surface area contributed by atoms with Crippen LogP contribution in [0.1, 0.15) is 5.56 Å². The number of benzene rings is 1. The van der Waals surface area contributed by atoms with Crippen LogP contribution in [-0.4, -0.2) is 10.2 Å². The van der Waals surface area contributed by atoms with Crippen LogP contribution < -0.4 is 5.90 Å². The SMILES string of the molecule is NOCc1cn[nH]c1-c1ccc(F)cc1. The molecule has 0 fully saturated rings. The number of hydrogen-bond donors (Lipinski definition) is 2. The Morgan fingerprint density at radius 1 is 1.33 bits per heavy atom. The number of hydrogen-bond acceptors (Lipinski definition) is 3. The van der Waals surface area contributed by atoms with Gasteiger partial charge in [-0.25, -0.2) is 10.3 Å². The number of rotatable bonds is 3. The molecule has 0 aliphatic carbocycles. The minimum Gasteiger partial charge on any atom is -0.300 e. The van der Waals surface area contributed by atoms with Gasteiger partial charge in [0.2, 0.25) is 0 Å². The maximum Gasteiger partial charge on any atom is 0.123 e. The minimum absolute atomic E-state index is 0.267. The Bertz CT molecular complexity index is 438. The first-order valence-electron chi connectivity index (χ1n) is 4.41. The van der Waals surface area contributed by atoms with Crippen LogP contribution in [0.3, 0.4) is 0 Å². The van der Waals surface area contributed by atoms with Crippen LogP contribution in [-0.2, 0) is 11.4 Å². The van der Waals surface area contributed by atoms with Crippen LogP contribution in [0.15, 0.2) is 30.5 Å². The van der Waals surface area contributed by atoms with Gasteiger partial charge in [0.25, 0.3) is 0 Å². The van der Waals surface area contributed by atoms with Crippen molar-refractivity contribution < 1.29 is 9.23 Å². The highest BCUT2D eigenvalue weighted by Gasteiger charge is 2.07. The zero-order valence-electron chi connectivity index (χ0n) is 7.90. The van der Waals surface area contributed by atoms with Crippen molar-refractivity contribution >= 4 is 0 Å². The molecule has 0 unspecified atom stereocenters. The van der Waals surface area contributed by atoms with Crippen molar-refractivity contribution in [3.63, 3.8) is 0 Å². The fourth-order valence-corrected chi connectivity index (χ4v) is 1.38. The molecule has 0 aliphatic rings. The smallest absolute Gasteiger partial charge is 0.123 e. The van der Waals surface area contributed by atoms with Gasteiger partial charge in [0.15, 0.2) is 0 Å². The molecule has 2 rings (SSSR count). The Kier molecular flexibility index (Phi) is 2.75. The molecule has 0 saturated heterocycles. The summed E-state index contributed by atoms with van der Waals surface area (Å²) in [6.07, 6.45) is 1.63. The van der Waals surface area contributed by atoms with E-state index in [4.69, 9.17) is 5.90 Å². The van der Waals surface area contributed by atoms with E-state index in [2.05, 4.69) is 15.0 Å². The normalized spacial score (nSPS) is 10.5. The number of nitrogens with two attached hydrogens (primary N) is 1. The fraction of sp³-hybridized carbons (Fsp3) is 0.100. The molecular weight excluding hydrogens is 197 g/mol. The number of aromatic nitrogens is 2. The zero-order valence-corrected chi connectivity index (χ0v) is 7.90. The number of halogens is 1. The second-order valence-corrected chi connectivity index (χ2v) is 3.09. The second kappa shape index (κ2) is 4.20. The van der Waals surface area contributed by atoms with Crippen molar-refractivity contribution in [1.29, 1.82) is 0 Å². The van der Waals surface area contributed by atoms with Crippen molar-refractivity contribution in [3.8, 4) is 11.3 Å². The van der Waals surface area contributed by atoms with E-state index in [1.165, 1.54) is 12.1 Å². The Balaban J connectivity index is 2.36. The van der Waals surface area contributed by atoms with Crippen LogP contribution in [0.4, 0.5) is 4.39 Å². The van der Waals surface area contributed by atoms with Gasteiger partial charge in [0.05, 0.1) is 18.5 Å². The first-order valence-corrected chi connectivity index (χ1v) is 4.41. The summed E-state index contributed by atoms with van der Waals surface area (Å²) in [5.41, 5.74) is 2.48. The van der Waals surface area contributed by atoms with E-state index in [0.717, 1.165) is 16.8 Å². The van der Waals surface area contributed by atoms with Crippen LogP contribution in [0.25, 0.3) is 11.3 Å². The molecule has 1 heterocycles. The molecule has 0 bridgehead atoms. The molecule has 2 aromatic rings. The molecule has 1 aromatic heterocycles. The van der Waals surface area contributed by atoms with Crippen molar-refractivity contribution in [1.82, 2.24) is 10.2 Å². The highest BCUT2D eigenvalue weighted by atomic mass is 19.1. The molecule has 0 radical (unpaired) electrons. The van der Waals surface area contributed by atoms with Gasteiger partial charge in [-0.15, -0.1) is 0 Å². The fourth-order valence-electron chi connectivity index (χ4n) is 1.38. The monoisotopic (exact) mass is 207 g/mol. The number of aromatic amines is 1. The average Bonchev–Trinajstić information content (AvgIpc) is 2.68. The maximum atomic E-state index is 12.7. The van der Waals surface area contributed by atoms with Gasteiger partial charge in [0.1, 0.15) is 5.82 Å². The maximum absolute atomic E-state index is 12.7. The number of nitrogens with zero attached hydrogens (tertiary/aromatic N) is 1. The minimum atomic E-state index is -0.269. The molecule has 78 valence electrons. The Morgan fingerprint density at radius 2 is 2.07 bits per heavy atom. The predicted molar refractivity (Wildman–Crippen MR) is 53.0 cm³/mol. The molecule has 5 heteroatoms. The van der Waals surface area contributed by atoms with E-state index in [-0.39, 0.29) is 12.4 Å². The summed E-state index contributed by atoms with van der Waals surface area (Å²) < 4.78 is 12.7. The summed E-state index contributed by atoms with van der Waals surface area (Å²) in [6, 6.07) is 6.12. The molecule has 1 aromatic carbocycles. The summed E-state index contributed by atoms with van der Waals surface area (Å²) in [7, 11) is 0. The summed E-state index contributed by atoms with van der Waals surface area (Å²) in [5, 5.41) is 6.70. The van der Waals surface area contributed by atoms with Crippen molar-refractivity contribution in [2.24, 2.45) is 5.90 Å². The van der Waals surface area contributed by atoms with Crippen molar-refractivity contribution in [3.05, 3.63) is 41.8 Å². The van der Waals surface area contributed by atoms with Crippen molar-refractivity contribution in [2.45, 2.75) is 6.61 Å². The molecule has 0 saturated carbocycles. The summed E-state index contributed by atoms with van der Waals surface area (Å²) in [5.74, 6) is 4.72. The van der Waals surface area contributed by atoms with E-state index in [1.807, 2.05) is 0 Å². The summed E-state index contributed by atoms with van der Waals surface area (Å²) >= 11 is 0. The Morgan fingerprint density at radius 3 is 2.73 bits per heavy atom. The molecule has 0 spiro atoms. The lowest BCUT2D eigenvalue weighted by atomic mass is 10.1. The lowest BCUT2D eigenvalue weighted by molar-refractivity contribution is 0.124. The van der Waals surface area contributed by atoms with Gasteiger partial charge in [-0.3, -0.25) is 9.94 Å². The van der Waals surface area contributed by atoms with Gasteiger partial charge < -0.3 is 0 Å². The summed E-state index contributed by atoms with van der Waals surface area (Å²) in [4.78, 5) is 4.54.